The summed E-state index contributed by atoms with van der Waals surface area (Å²) in [5.41, 5.74) is -3.90. The van der Waals surface area contributed by atoms with Crippen LogP contribution in [0, 0.1) is 5.82 Å². The third kappa shape index (κ3) is 3.07. The van der Waals surface area contributed by atoms with Gasteiger partial charge in [0.15, 0.2) is 5.72 Å². The zero-order valence-electron chi connectivity index (χ0n) is 13.2. The molecule has 0 bridgehead atoms. The van der Waals surface area contributed by atoms with E-state index in [1.54, 1.807) is 4.98 Å². The summed E-state index contributed by atoms with van der Waals surface area (Å²) in [6.07, 6.45) is -2.10. The third-order valence-electron chi connectivity index (χ3n) is 4.17. The van der Waals surface area contributed by atoms with E-state index in [4.69, 9.17) is 14.3 Å². The van der Waals surface area contributed by atoms with Gasteiger partial charge in [-0.2, -0.15) is 4.39 Å². The summed E-state index contributed by atoms with van der Waals surface area (Å²) in [6, 6.07) is 2.52. The first-order valence-electron chi connectivity index (χ1n) is 7.56. The Morgan fingerprint density at radius 3 is 2.73 bits per heavy atom. The molecule has 1 aliphatic heterocycles. The highest BCUT2D eigenvalue weighted by Crippen LogP contribution is 2.37. The lowest BCUT2D eigenvalue weighted by atomic mass is 10.0. The predicted molar refractivity (Wildman–Crippen MR) is 81.2 cm³/mol. The Morgan fingerprint density at radius 1 is 1.42 bits per heavy atom. The summed E-state index contributed by atoms with van der Waals surface area (Å²) in [7, 11) is 0. The van der Waals surface area contributed by atoms with Crippen LogP contribution in [0.5, 0.6) is 0 Å². The lowest BCUT2D eigenvalue weighted by Gasteiger charge is -2.30. The average molecular weight is 370 g/mol. The number of halogens is 1. The monoisotopic (exact) mass is 370 g/mol. The maximum atomic E-state index is 13.7. The molecule has 1 saturated heterocycles. The Bertz CT molecular complexity index is 948. The van der Waals surface area contributed by atoms with Crippen LogP contribution in [0.1, 0.15) is 22.7 Å². The van der Waals surface area contributed by atoms with Crippen LogP contribution < -0.4 is 11.2 Å². The van der Waals surface area contributed by atoms with Crippen LogP contribution >= 0.6 is 0 Å². The highest BCUT2D eigenvalue weighted by Gasteiger charge is 2.48. The lowest BCUT2D eigenvalue weighted by Crippen LogP contribution is -2.46. The Balaban J connectivity index is 2.09. The number of H-pyrrole nitrogens is 1. The third-order valence-corrected chi connectivity index (χ3v) is 4.17. The summed E-state index contributed by atoms with van der Waals surface area (Å²) in [6.45, 7) is -0.567. The van der Waals surface area contributed by atoms with Crippen LogP contribution in [-0.2, 0) is 16.9 Å². The minimum Gasteiger partial charge on any atom is -0.475 e. The number of aromatic carboxylic acids is 1. The number of furan rings is 1. The number of nitrogens with one attached hydrogen (secondary N) is 1. The maximum Gasteiger partial charge on any atom is 0.371 e. The maximum absolute atomic E-state index is 13.7. The van der Waals surface area contributed by atoms with Gasteiger partial charge in [-0.05, 0) is 12.1 Å². The second-order valence-electron chi connectivity index (χ2n) is 5.91. The van der Waals surface area contributed by atoms with Gasteiger partial charge < -0.3 is 24.5 Å². The van der Waals surface area contributed by atoms with Crippen molar-refractivity contribution < 1.29 is 33.7 Å². The summed E-state index contributed by atoms with van der Waals surface area (Å²) in [5, 5.41) is 28.3. The number of carbonyl (C=O) groups is 1. The van der Waals surface area contributed by atoms with Gasteiger partial charge in [0.05, 0.1) is 25.3 Å². The smallest absolute Gasteiger partial charge is 0.371 e. The molecule has 1 aliphatic rings. The Morgan fingerprint density at radius 2 is 2.15 bits per heavy atom. The number of aromatic nitrogens is 2. The normalized spacial score (nSPS) is 25.5. The first-order valence-corrected chi connectivity index (χ1v) is 7.56. The second kappa shape index (κ2) is 6.52. The molecule has 3 atom stereocenters. The number of hydrogen-bond donors (Lipinski definition) is 4. The Kier molecular flexibility index (Phi) is 4.52. The predicted octanol–water partition coefficient (Wildman–Crippen LogP) is -0.995. The van der Waals surface area contributed by atoms with Crippen LogP contribution in [0.2, 0.25) is 0 Å². The molecule has 0 saturated carbocycles. The molecular formula is C15H15FN2O8. The van der Waals surface area contributed by atoms with Crippen molar-refractivity contribution in [2.45, 2.75) is 30.8 Å². The molecule has 0 aliphatic carbocycles. The molecule has 4 N–H and O–H groups in total. The summed E-state index contributed by atoms with van der Waals surface area (Å²) >= 11 is 0. The molecule has 1 fully saturated rings. The van der Waals surface area contributed by atoms with E-state index >= 15 is 0 Å². The molecule has 2 aromatic rings. The number of carboxylic acids is 1. The van der Waals surface area contributed by atoms with Crippen LogP contribution in [-0.4, -0.2) is 49.7 Å². The average Bonchev–Trinajstić information content (AvgIpc) is 3.16. The SMILES string of the molecule is O=C(O)c1ccc(C[C@]2(n3cc(F)c(=O)[nH]c3=O)C[C@H](O)[C@@H](CO)O2)o1. The standard InChI is InChI=1S/C15H15FN2O8/c16-8-5-18(14(24)17-12(8)21)15(4-9(20)11(6-19)26-15)3-7-1-2-10(25-7)13(22)23/h1-2,5,9,11,19-20H,3-4,6H2,(H,22,23)(H,17,21,24)/t9-,11+,15+/m0/s1. The van der Waals surface area contributed by atoms with Gasteiger partial charge in [0, 0.05) is 6.42 Å². The summed E-state index contributed by atoms with van der Waals surface area (Å²) < 4.78 is 25.3. The fourth-order valence-corrected chi connectivity index (χ4v) is 2.99. The van der Waals surface area contributed by atoms with Gasteiger partial charge in [0.25, 0.3) is 5.56 Å². The van der Waals surface area contributed by atoms with Crippen LogP contribution in [0.4, 0.5) is 4.39 Å². The molecule has 140 valence electrons. The number of aliphatic hydroxyl groups is 2. The topological polar surface area (TPSA) is 155 Å². The molecule has 0 aromatic carbocycles. The van der Waals surface area contributed by atoms with Crippen LogP contribution in [0.15, 0.2) is 32.3 Å². The number of carboxylic acid groups (broad SMARTS) is 1. The zero-order chi connectivity index (χ0) is 19.1. The van der Waals surface area contributed by atoms with E-state index in [1.807, 2.05) is 0 Å². The molecule has 10 nitrogen and oxygen atoms in total. The number of rotatable bonds is 5. The second-order valence-corrected chi connectivity index (χ2v) is 5.91. The number of hydrogen-bond acceptors (Lipinski definition) is 7. The first kappa shape index (κ1) is 18.0. The van der Waals surface area contributed by atoms with Gasteiger partial charge in [-0.15, -0.1) is 0 Å². The van der Waals surface area contributed by atoms with Gasteiger partial charge >= 0.3 is 11.7 Å². The van der Waals surface area contributed by atoms with E-state index in [0.29, 0.717) is 6.20 Å². The quantitative estimate of drug-likeness (QED) is 0.523. The number of ether oxygens (including phenoxy) is 1. The number of nitrogens with zero attached hydrogens (tertiary/aromatic N) is 1. The molecule has 3 heterocycles. The van der Waals surface area contributed by atoms with E-state index in [-0.39, 0.29) is 24.4 Å². The van der Waals surface area contributed by atoms with Crippen molar-refractivity contribution in [3.8, 4) is 0 Å². The molecule has 0 unspecified atom stereocenters. The summed E-state index contributed by atoms with van der Waals surface area (Å²) in [5.74, 6) is -2.82. The highest BCUT2D eigenvalue weighted by atomic mass is 19.1. The van der Waals surface area contributed by atoms with E-state index in [9.17, 15) is 29.0 Å². The van der Waals surface area contributed by atoms with E-state index in [2.05, 4.69) is 0 Å². The zero-order valence-corrected chi connectivity index (χ0v) is 13.2. The van der Waals surface area contributed by atoms with Gasteiger partial charge in [-0.1, -0.05) is 0 Å². The fourth-order valence-electron chi connectivity index (χ4n) is 2.99. The molecular weight excluding hydrogens is 355 g/mol. The van der Waals surface area contributed by atoms with Gasteiger partial charge in [0.1, 0.15) is 11.9 Å². The van der Waals surface area contributed by atoms with Gasteiger partial charge in [0.2, 0.25) is 11.6 Å². The van der Waals surface area contributed by atoms with Crippen molar-refractivity contribution in [3.63, 3.8) is 0 Å². The van der Waals surface area contributed by atoms with Gasteiger partial charge in [-0.3, -0.25) is 14.3 Å². The van der Waals surface area contributed by atoms with Gasteiger partial charge in [-0.25, -0.2) is 9.59 Å². The van der Waals surface area contributed by atoms with Crippen LogP contribution in [0.25, 0.3) is 0 Å². The molecule has 26 heavy (non-hydrogen) atoms. The highest BCUT2D eigenvalue weighted by molar-refractivity contribution is 5.84. The minimum absolute atomic E-state index is 0.0895. The minimum atomic E-state index is -1.69. The van der Waals surface area contributed by atoms with E-state index < -0.39 is 47.6 Å². The van der Waals surface area contributed by atoms with E-state index in [0.717, 1.165) is 4.57 Å². The first-order chi connectivity index (χ1) is 12.3. The fraction of sp³-hybridized carbons (Fsp3) is 0.400. The van der Waals surface area contributed by atoms with Crippen molar-refractivity contribution in [2.75, 3.05) is 6.61 Å². The molecule has 2 aromatic heterocycles. The largest absolute Gasteiger partial charge is 0.475 e. The van der Waals surface area contributed by atoms with Crippen molar-refractivity contribution in [2.24, 2.45) is 0 Å². The van der Waals surface area contributed by atoms with Crippen molar-refractivity contribution in [1.82, 2.24) is 9.55 Å². The van der Waals surface area contributed by atoms with E-state index in [1.165, 1.54) is 12.1 Å². The molecule has 0 radical (unpaired) electrons. The van der Waals surface area contributed by atoms with Crippen LogP contribution in [0.3, 0.4) is 0 Å². The Hall–Kier alpha value is -2.76. The summed E-state index contributed by atoms with van der Waals surface area (Å²) in [4.78, 5) is 36.2. The Labute approximate surface area is 144 Å². The molecule has 3 rings (SSSR count). The van der Waals surface area contributed by atoms with Crippen molar-refractivity contribution in [3.05, 3.63) is 56.5 Å². The molecule has 0 spiro atoms. The number of aromatic amines is 1. The lowest BCUT2D eigenvalue weighted by molar-refractivity contribution is -0.121. The molecule has 0 amide bonds. The van der Waals surface area contributed by atoms with Crippen molar-refractivity contribution >= 4 is 5.97 Å². The van der Waals surface area contributed by atoms with Crippen molar-refractivity contribution in [1.29, 1.82) is 0 Å². The molecule has 11 heteroatoms. The number of aliphatic hydroxyl groups excluding tert-OH is 2.